The molecule has 164 valence electrons. The molecule has 1 amide bonds. The van der Waals surface area contributed by atoms with E-state index in [1.807, 2.05) is 7.05 Å². The minimum atomic E-state index is -0.617. The minimum Gasteiger partial charge on any atom is -0.462 e. The maximum Gasteiger partial charge on any atom is 0.409 e. The number of hydrogen-bond donors (Lipinski definition) is 0. The van der Waals surface area contributed by atoms with Crippen LogP contribution in [0.2, 0.25) is 0 Å². The second kappa shape index (κ2) is 16.6. The van der Waals surface area contributed by atoms with Crippen LogP contribution in [0.3, 0.4) is 0 Å². The zero-order valence-corrected chi connectivity index (χ0v) is 18.6. The van der Waals surface area contributed by atoms with Gasteiger partial charge in [0.15, 0.2) is 0 Å². The summed E-state index contributed by atoms with van der Waals surface area (Å²) in [5.41, 5.74) is 0. The molecule has 0 saturated carbocycles. The summed E-state index contributed by atoms with van der Waals surface area (Å²) in [7, 11) is 3.77. The highest BCUT2D eigenvalue weighted by Crippen LogP contribution is 2.16. The molecule has 0 spiro atoms. The summed E-state index contributed by atoms with van der Waals surface area (Å²) in [4.78, 5) is 27.9. The number of carbonyl (C=O) groups excluding carboxylic acids is 2. The van der Waals surface area contributed by atoms with Crippen LogP contribution in [0.15, 0.2) is 0 Å². The maximum absolute atomic E-state index is 12.4. The number of carbonyl (C=O) groups is 2. The lowest BCUT2D eigenvalue weighted by atomic mass is 10.0. The van der Waals surface area contributed by atoms with Crippen molar-refractivity contribution in [1.82, 2.24) is 9.80 Å². The van der Waals surface area contributed by atoms with Gasteiger partial charge in [0.25, 0.3) is 0 Å². The summed E-state index contributed by atoms with van der Waals surface area (Å²) in [6, 6.07) is 0. The number of hydrogen-bond acceptors (Lipinski definition) is 5. The van der Waals surface area contributed by atoms with Gasteiger partial charge in [0.05, 0.1) is 0 Å². The van der Waals surface area contributed by atoms with Crippen molar-refractivity contribution in [3.8, 4) is 0 Å². The van der Waals surface area contributed by atoms with Crippen LogP contribution in [0.4, 0.5) is 4.79 Å². The third-order valence-corrected chi connectivity index (χ3v) is 4.78. The average molecular weight is 399 g/mol. The fraction of sp³-hybridized carbons (Fsp3) is 0.818. The molecular weight excluding hydrogens is 356 g/mol. The highest BCUT2D eigenvalue weighted by molar-refractivity contribution is 5.70. The SMILES string of the molecule is [CH2]C([CH2])OC(=O)CCC(CCCCCCCC)OC(=O)N(C)CCN(C)CC. The Morgan fingerprint density at radius 3 is 2.14 bits per heavy atom. The molecule has 0 saturated heterocycles. The Balaban J connectivity index is 4.46. The zero-order chi connectivity index (χ0) is 21.4. The smallest absolute Gasteiger partial charge is 0.409 e. The number of likely N-dealkylation sites (N-methyl/N-ethyl adjacent to an activating group) is 2. The molecule has 0 aliphatic heterocycles. The fourth-order valence-corrected chi connectivity index (χ4v) is 2.74. The molecule has 0 aliphatic carbocycles. The van der Waals surface area contributed by atoms with Gasteiger partial charge in [-0.05, 0) is 46.7 Å². The highest BCUT2D eigenvalue weighted by Gasteiger charge is 2.19. The molecule has 2 radical (unpaired) electrons. The fourth-order valence-electron chi connectivity index (χ4n) is 2.74. The van der Waals surface area contributed by atoms with E-state index in [-0.39, 0.29) is 24.6 Å². The lowest BCUT2D eigenvalue weighted by Gasteiger charge is -2.24. The van der Waals surface area contributed by atoms with Crippen LogP contribution in [0.5, 0.6) is 0 Å². The van der Waals surface area contributed by atoms with Crippen LogP contribution < -0.4 is 0 Å². The molecule has 0 rings (SSSR count). The number of nitrogens with zero attached hydrogens (tertiary/aromatic N) is 2. The van der Waals surface area contributed by atoms with E-state index >= 15 is 0 Å². The molecule has 0 aliphatic rings. The van der Waals surface area contributed by atoms with E-state index in [4.69, 9.17) is 9.47 Å². The third-order valence-electron chi connectivity index (χ3n) is 4.78. The molecule has 28 heavy (non-hydrogen) atoms. The largest absolute Gasteiger partial charge is 0.462 e. The first-order valence-electron chi connectivity index (χ1n) is 10.8. The van der Waals surface area contributed by atoms with E-state index < -0.39 is 6.10 Å². The molecule has 0 N–H and O–H groups in total. The van der Waals surface area contributed by atoms with Gasteiger partial charge < -0.3 is 19.3 Å². The van der Waals surface area contributed by atoms with E-state index in [2.05, 4.69) is 32.6 Å². The molecule has 0 heterocycles. The lowest BCUT2D eigenvalue weighted by Crippen LogP contribution is -2.37. The number of amides is 1. The number of rotatable bonds is 16. The number of esters is 1. The molecule has 1 atom stereocenters. The molecule has 0 aromatic carbocycles. The van der Waals surface area contributed by atoms with Gasteiger partial charge in [0, 0.05) is 26.6 Å². The van der Waals surface area contributed by atoms with Gasteiger partial charge in [-0.1, -0.05) is 46.0 Å². The summed E-state index contributed by atoms with van der Waals surface area (Å²) in [5, 5.41) is 0. The minimum absolute atomic E-state index is 0.206. The van der Waals surface area contributed by atoms with Crippen LogP contribution in [-0.2, 0) is 14.3 Å². The van der Waals surface area contributed by atoms with Crippen molar-refractivity contribution in [1.29, 1.82) is 0 Å². The van der Waals surface area contributed by atoms with Gasteiger partial charge in [0.2, 0.25) is 0 Å². The molecule has 6 nitrogen and oxygen atoms in total. The number of unbranched alkanes of at least 4 members (excludes halogenated alkanes) is 5. The van der Waals surface area contributed by atoms with Crippen molar-refractivity contribution < 1.29 is 19.1 Å². The predicted molar refractivity (Wildman–Crippen MR) is 114 cm³/mol. The molecule has 6 heteroatoms. The third kappa shape index (κ3) is 14.7. The summed E-state index contributed by atoms with van der Waals surface area (Å²) in [6.07, 6.45) is 7.26. The summed E-state index contributed by atoms with van der Waals surface area (Å²) >= 11 is 0. The van der Waals surface area contributed by atoms with Crippen molar-refractivity contribution in [2.75, 3.05) is 33.7 Å². The first kappa shape index (κ1) is 26.7. The summed E-state index contributed by atoms with van der Waals surface area (Å²) in [5.74, 6) is -0.350. The molecular formula is C22H42N2O4. The van der Waals surface area contributed by atoms with E-state index in [0.717, 1.165) is 32.4 Å². The van der Waals surface area contributed by atoms with Crippen molar-refractivity contribution in [3.05, 3.63) is 13.8 Å². The van der Waals surface area contributed by atoms with E-state index in [1.54, 1.807) is 11.9 Å². The Kier molecular flexibility index (Phi) is 15.9. The Hall–Kier alpha value is -1.30. The van der Waals surface area contributed by atoms with E-state index in [1.165, 1.54) is 25.7 Å². The van der Waals surface area contributed by atoms with Gasteiger partial charge in [-0.3, -0.25) is 4.79 Å². The second-order valence-electron chi connectivity index (χ2n) is 7.53. The first-order chi connectivity index (χ1) is 13.3. The van der Waals surface area contributed by atoms with Gasteiger partial charge in [0.1, 0.15) is 12.2 Å². The van der Waals surface area contributed by atoms with Crippen LogP contribution in [0.25, 0.3) is 0 Å². The Morgan fingerprint density at radius 1 is 0.893 bits per heavy atom. The zero-order valence-electron chi connectivity index (χ0n) is 18.6. The van der Waals surface area contributed by atoms with Crippen molar-refractivity contribution in [3.63, 3.8) is 0 Å². The van der Waals surface area contributed by atoms with Crippen molar-refractivity contribution >= 4 is 12.1 Å². The van der Waals surface area contributed by atoms with Crippen LogP contribution in [-0.4, -0.2) is 67.8 Å². The molecule has 1 unspecified atom stereocenters. The Bertz CT molecular complexity index is 415. The maximum atomic E-state index is 12.4. The standard InChI is InChI=1S/C22H42N2O4/c1-7-9-10-11-12-13-14-20(15-16-21(25)27-19(3)4)28-22(26)24(6)18-17-23(5)8-2/h19-20H,3-4,7-18H2,1-2,5-6H3. The van der Waals surface area contributed by atoms with Gasteiger partial charge in [-0.2, -0.15) is 0 Å². The summed E-state index contributed by atoms with van der Waals surface area (Å²) in [6.45, 7) is 13.7. The van der Waals surface area contributed by atoms with Gasteiger partial charge in [-0.15, -0.1) is 0 Å². The second-order valence-corrected chi connectivity index (χ2v) is 7.53. The molecule has 0 aromatic heterocycles. The van der Waals surface area contributed by atoms with Crippen LogP contribution in [0.1, 0.15) is 71.6 Å². The van der Waals surface area contributed by atoms with E-state index in [0.29, 0.717) is 13.0 Å². The average Bonchev–Trinajstić information content (AvgIpc) is 2.65. The van der Waals surface area contributed by atoms with Crippen molar-refractivity contribution in [2.45, 2.75) is 83.8 Å². The topological polar surface area (TPSA) is 59.1 Å². The van der Waals surface area contributed by atoms with E-state index in [9.17, 15) is 9.59 Å². The quantitative estimate of drug-likeness (QED) is 0.283. The predicted octanol–water partition coefficient (Wildman–Crippen LogP) is 4.49. The van der Waals surface area contributed by atoms with Crippen LogP contribution >= 0.6 is 0 Å². The molecule has 0 fully saturated rings. The number of ether oxygens (including phenoxy) is 2. The van der Waals surface area contributed by atoms with Crippen molar-refractivity contribution in [2.24, 2.45) is 0 Å². The normalized spacial score (nSPS) is 12.3. The molecule has 0 aromatic rings. The first-order valence-corrected chi connectivity index (χ1v) is 10.8. The monoisotopic (exact) mass is 398 g/mol. The van der Waals surface area contributed by atoms with Gasteiger partial charge >= 0.3 is 12.1 Å². The van der Waals surface area contributed by atoms with Crippen LogP contribution in [0, 0.1) is 13.8 Å². The Morgan fingerprint density at radius 2 is 1.54 bits per heavy atom. The highest BCUT2D eigenvalue weighted by atomic mass is 16.6. The lowest BCUT2D eigenvalue weighted by molar-refractivity contribution is -0.146. The molecule has 0 bridgehead atoms. The Labute approximate surface area is 172 Å². The summed E-state index contributed by atoms with van der Waals surface area (Å²) < 4.78 is 10.7. The van der Waals surface area contributed by atoms with Gasteiger partial charge in [-0.25, -0.2) is 4.79 Å².